The first kappa shape index (κ1) is 26.8. The van der Waals surface area contributed by atoms with Gasteiger partial charge in [-0.2, -0.15) is 5.10 Å². The molecule has 1 aliphatic carbocycles. The van der Waals surface area contributed by atoms with Gasteiger partial charge in [-0.05, 0) is 81.2 Å². The molecule has 3 N–H and O–H groups in total. The summed E-state index contributed by atoms with van der Waals surface area (Å²) in [6.45, 7) is 2.35. The minimum atomic E-state index is -0.728. The van der Waals surface area contributed by atoms with Crippen LogP contribution in [0.2, 0.25) is 0 Å². The molecule has 0 bridgehead atoms. The number of hydrogen-bond acceptors (Lipinski definition) is 5. The van der Waals surface area contributed by atoms with E-state index in [1.807, 2.05) is 37.2 Å². The van der Waals surface area contributed by atoms with Crippen molar-refractivity contribution >= 4 is 23.3 Å². The number of hydrogen-bond donors (Lipinski definition) is 3. The summed E-state index contributed by atoms with van der Waals surface area (Å²) < 4.78 is 14.7. The van der Waals surface area contributed by atoms with Crippen molar-refractivity contribution in [2.45, 2.75) is 25.7 Å². The van der Waals surface area contributed by atoms with E-state index in [2.05, 4.69) is 21.2 Å². The highest BCUT2D eigenvalue weighted by molar-refractivity contribution is 6.06. The van der Waals surface area contributed by atoms with Crippen LogP contribution in [0, 0.1) is 11.7 Å². The minimum Gasteiger partial charge on any atom is -0.323 e. The van der Waals surface area contributed by atoms with Crippen molar-refractivity contribution in [3.8, 4) is 11.1 Å². The van der Waals surface area contributed by atoms with Crippen LogP contribution in [0.4, 0.5) is 10.1 Å². The molecular formula is C28H34FN5O2. The van der Waals surface area contributed by atoms with Gasteiger partial charge in [0.2, 0.25) is 11.8 Å². The number of carbonyl (C=O) groups excluding carboxylic acids is 2. The first-order chi connectivity index (χ1) is 17.3. The van der Waals surface area contributed by atoms with E-state index in [-0.39, 0.29) is 11.8 Å². The van der Waals surface area contributed by atoms with E-state index in [0.717, 1.165) is 24.0 Å². The van der Waals surface area contributed by atoms with E-state index in [4.69, 9.17) is 0 Å². The van der Waals surface area contributed by atoms with Gasteiger partial charge in [-0.1, -0.05) is 30.4 Å². The number of carbonyl (C=O) groups is 2. The minimum absolute atomic E-state index is 0.207. The van der Waals surface area contributed by atoms with Gasteiger partial charge in [-0.15, -0.1) is 0 Å². The molecule has 0 spiro atoms. The number of allylic oxidation sites excluding steroid dienone is 1. The van der Waals surface area contributed by atoms with Crippen molar-refractivity contribution in [1.29, 1.82) is 0 Å². The summed E-state index contributed by atoms with van der Waals surface area (Å²) >= 11 is 0. The second-order valence-electron chi connectivity index (χ2n) is 9.10. The fourth-order valence-electron chi connectivity index (χ4n) is 3.47. The number of nitrogens with one attached hydrogen (secondary N) is 3. The van der Waals surface area contributed by atoms with Gasteiger partial charge in [0, 0.05) is 30.9 Å². The lowest BCUT2D eigenvalue weighted by molar-refractivity contribution is -0.120. The van der Waals surface area contributed by atoms with Crippen LogP contribution in [0.25, 0.3) is 11.1 Å². The fourth-order valence-corrected chi connectivity index (χ4v) is 3.47. The zero-order valence-electron chi connectivity index (χ0n) is 21.2. The van der Waals surface area contributed by atoms with Crippen LogP contribution in [-0.4, -0.2) is 50.2 Å². The van der Waals surface area contributed by atoms with Crippen LogP contribution in [0.1, 0.15) is 31.2 Å². The lowest BCUT2D eigenvalue weighted by atomic mass is 9.95. The van der Waals surface area contributed by atoms with Crippen LogP contribution in [0.5, 0.6) is 0 Å². The third-order valence-electron chi connectivity index (χ3n) is 5.71. The van der Waals surface area contributed by atoms with Gasteiger partial charge in [-0.25, -0.2) is 4.39 Å². The second-order valence-corrected chi connectivity index (χ2v) is 9.10. The van der Waals surface area contributed by atoms with Gasteiger partial charge in [0.05, 0.1) is 5.92 Å². The Morgan fingerprint density at radius 1 is 1.11 bits per heavy atom. The zero-order chi connectivity index (χ0) is 26.1. The molecule has 1 unspecified atom stereocenters. The molecule has 0 heterocycles. The number of amides is 2. The Kier molecular flexibility index (Phi) is 9.53. The molecule has 0 aliphatic heterocycles. The third-order valence-corrected chi connectivity index (χ3v) is 5.71. The first-order valence-electron chi connectivity index (χ1n) is 12.0. The second kappa shape index (κ2) is 12.8. The number of likely N-dealkylation sites (N-methyl/N-ethyl adjacent to an activating group) is 1. The first-order valence-corrected chi connectivity index (χ1v) is 12.0. The quantitative estimate of drug-likeness (QED) is 0.201. The Balaban J connectivity index is 1.69. The molecule has 1 fully saturated rings. The smallest absolute Gasteiger partial charge is 0.248 e. The number of halogens is 1. The number of rotatable bonds is 10. The highest BCUT2D eigenvalue weighted by Crippen LogP contribution is 2.30. The molecule has 0 aromatic heterocycles. The topological polar surface area (TPSA) is 85.8 Å². The highest BCUT2D eigenvalue weighted by Gasteiger charge is 2.22. The standard InChI is InChI=1S/C28H34FN5O2/c1-19(28(36)32-26(33-30-2)16-9-20-7-8-20)24-18-22(12-15-25(24)29)21-10-13-23(14-11-21)31-27(35)6-5-17-34(3)4/h5-6,9-16,18-20,30H,7-8,17H2,1-4H3,(H,31,35)(H,32,33,36)/b6-5+,16-9+. The lowest BCUT2D eigenvalue weighted by Crippen LogP contribution is -2.34. The van der Waals surface area contributed by atoms with E-state index >= 15 is 0 Å². The van der Waals surface area contributed by atoms with Crippen LogP contribution < -0.4 is 16.1 Å². The molecule has 0 radical (unpaired) electrons. The summed E-state index contributed by atoms with van der Waals surface area (Å²) in [6.07, 6.45) is 9.39. The van der Waals surface area contributed by atoms with Gasteiger partial charge < -0.3 is 21.0 Å². The van der Waals surface area contributed by atoms with E-state index in [0.29, 0.717) is 29.5 Å². The molecule has 0 saturated heterocycles. The molecule has 36 heavy (non-hydrogen) atoms. The summed E-state index contributed by atoms with van der Waals surface area (Å²) in [6, 6.07) is 12.0. The van der Waals surface area contributed by atoms with Crippen LogP contribution >= 0.6 is 0 Å². The van der Waals surface area contributed by atoms with E-state index < -0.39 is 11.7 Å². The molecule has 1 atom stereocenters. The maximum Gasteiger partial charge on any atom is 0.248 e. The molecule has 1 aliphatic rings. The Hall–Kier alpha value is -3.78. The number of nitrogens with zero attached hydrogens (tertiary/aromatic N) is 2. The summed E-state index contributed by atoms with van der Waals surface area (Å²) in [4.78, 5) is 26.9. The number of anilines is 1. The fraction of sp³-hybridized carbons (Fsp3) is 0.321. The number of hydrazone groups is 1. The van der Waals surface area contributed by atoms with E-state index in [9.17, 15) is 14.0 Å². The highest BCUT2D eigenvalue weighted by atomic mass is 19.1. The SMILES string of the molecule is CN/N=C(\C=C\C1CC1)NC(=O)C(C)c1cc(-c2ccc(NC(=O)/C=C/CN(C)C)cc2)ccc1F. The summed E-state index contributed by atoms with van der Waals surface area (Å²) in [5, 5.41) is 9.70. The summed E-state index contributed by atoms with van der Waals surface area (Å²) in [7, 11) is 5.51. The predicted molar refractivity (Wildman–Crippen MR) is 143 cm³/mol. The van der Waals surface area contributed by atoms with Crippen LogP contribution in [0.15, 0.2) is 71.9 Å². The molecule has 2 aromatic rings. The van der Waals surface area contributed by atoms with Crippen molar-refractivity contribution in [3.63, 3.8) is 0 Å². The van der Waals surface area contributed by atoms with Crippen LogP contribution in [-0.2, 0) is 9.59 Å². The zero-order valence-corrected chi connectivity index (χ0v) is 21.2. The Morgan fingerprint density at radius 2 is 1.81 bits per heavy atom. The van der Waals surface area contributed by atoms with Gasteiger partial charge in [0.15, 0.2) is 5.84 Å². The number of benzene rings is 2. The van der Waals surface area contributed by atoms with Crippen molar-refractivity contribution in [2.75, 3.05) is 33.0 Å². The molecule has 3 rings (SSSR count). The Labute approximate surface area is 212 Å². The molecule has 7 nitrogen and oxygen atoms in total. The van der Waals surface area contributed by atoms with Crippen molar-refractivity contribution < 1.29 is 14.0 Å². The predicted octanol–water partition coefficient (Wildman–Crippen LogP) is 4.27. The average molecular weight is 492 g/mol. The summed E-state index contributed by atoms with van der Waals surface area (Å²) in [5.74, 6) is -0.798. The normalized spacial score (nSPS) is 14.9. The monoisotopic (exact) mass is 491 g/mol. The van der Waals surface area contributed by atoms with Crippen molar-refractivity contribution in [1.82, 2.24) is 15.6 Å². The van der Waals surface area contributed by atoms with Gasteiger partial charge in [0.25, 0.3) is 0 Å². The maximum atomic E-state index is 14.7. The van der Waals surface area contributed by atoms with E-state index in [1.54, 1.807) is 50.4 Å². The molecule has 190 valence electrons. The third kappa shape index (κ3) is 8.16. The molecule has 1 saturated carbocycles. The Bertz CT molecular complexity index is 1150. The van der Waals surface area contributed by atoms with Gasteiger partial charge >= 0.3 is 0 Å². The van der Waals surface area contributed by atoms with E-state index in [1.165, 1.54) is 12.1 Å². The largest absolute Gasteiger partial charge is 0.323 e. The average Bonchev–Trinajstić information content (AvgIpc) is 3.67. The van der Waals surface area contributed by atoms with Gasteiger partial charge in [-0.3, -0.25) is 9.59 Å². The summed E-state index contributed by atoms with van der Waals surface area (Å²) in [5.41, 5.74) is 5.25. The molecule has 2 aromatic carbocycles. The lowest BCUT2D eigenvalue weighted by Gasteiger charge is -2.15. The molecule has 2 amide bonds. The number of amidine groups is 1. The molecule has 8 heteroatoms. The van der Waals surface area contributed by atoms with Crippen molar-refractivity contribution in [2.24, 2.45) is 11.0 Å². The maximum absolute atomic E-state index is 14.7. The van der Waals surface area contributed by atoms with Crippen LogP contribution in [0.3, 0.4) is 0 Å². The Morgan fingerprint density at radius 3 is 2.44 bits per heavy atom. The van der Waals surface area contributed by atoms with Crippen molar-refractivity contribution in [3.05, 3.63) is 78.1 Å². The molecular weight excluding hydrogens is 457 g/mol. The van der Waals surface area contributed by atoms with Gasteiger partial charge in [0.1, 0.15) is 5.82 Å².